The molecule has 2 aliphatic rings. The Bertz CT molecular complexity index is 1290. The van der Waals surface area contributed by atoms with Crippen LogP contribution in [-0.4, -0.2) is 25.8 Å². The standard InChI is InChI=1S/C29H23NO5/c31-28(24-17-26-27(35-19-34-26)18-25(24)29-32-15-16-33-29)20-11-13-23(14-12-20)30(21-7-3-1-4-8-21)22-9-5-2-6-10-22/h1-14,17-18,29H,15-16,19H2. The van der Waals surface area contributed by atoms with Gasteiger partial charge in [-0.1, -0.05) is 36.4 Å². The van der Waals surface area contributed by atoms with Gasteiger partial charge in [-0.15, -0.1) is 0 Å². The van der Waals surface area contributed by atoms with Crippen molar-refractivity contribution in [2.75, 3.05) is 24.9 Å². The summed E-state index contributed by atoms with van der Waals surface area (Å²) in [6, 6.07) is 31.4. The number of rotatable bonds is 6. The Labute approximate surface area is 203 Å². The lowest BCUT2D eigenvalue weighted by Crippen LogP contribution is -2.12. The van der Waals surface area contributed by atoms with E-state index in [-0.39, 0.29) is 12.6 Å². The zero-order valence-electron chi connectivity index (χ0n) is 18.9. The maximum Gasteiger partial charge on any atom is 0.231 e. The number of nitrogens with zero attached hydrogens (tertiary/aromatic N) is 1. The maximum atomic E-state index is 13.6. The largest absolute Gasteiger partial charge is 0.454 e. The number of hydrogen-bond acceptors (Lipinski definition) is 6. The molecule has 0 N–H and O–H groups in total. The number of ketones is 1. The van der Waals surface area contributed by atoms with Crippen LogP contribution in [0.4, 0.5) is 17.1 Å². The quantitative estimate of drug-likeness (QED) is 0.318. The molecule has 2 aliphatic heterocycles. The summed E-state index contributed by atoms with van der Waals surface area (Å²) in [5.74, 6) is 1.01. The molecule has 35 heavy (non-hydrogen) atoms. The van der Waals surface area contributed by atoms with Crippen molar-refractivity contribution in [3.8, 4) is 11.5 Å². The van der Waals surface area contributed by atoms with Gasteiger partial charge in [0.2, 0.25) is 6.79 Å². The number of carbonyl (C=O) groups is 1. The fourth-order valence-corrected chi connectivity index (χ4v) is 4.41. The van der Waals surface area contributed by atoms with Gasteiger partial charge in [-0.2, -0.15) is 0 Å². The molecule has 4 aromatic rings. The Balaban J connectivity index is 1.36. The van der Waals surface area contributed by atoms with E-state index in [0.29, 0.717) is 41.4 Å². The van der Waals surface area contributed by atoms with Gasteiger partial charge in [-0.05, 0) is 60.7 Å². The van der Waals surface area contributed by atoms with Crippen LogP contribution in [0, 0.1) is 0 Å². The monoisotopic (exact) mass is 465 g/mol. The third kappa shape index (κ3) is 4.14. The average molecular weight is 466 g/mol. The van der Waals surface area contributed by atoms with E-state index in [1.807, 2.05) is 60.7 Å². The highest BCUT2D eigenvalue weighted by Gasteiger charge is 2.29. The van der Waals surface area contributed by atoms with Crippen molar-refractivity contribution >= 4 is 22.8 Å². The first-order valence-corrected chi connectivity index (χ1v) is 11.5. The van der Waals surface area contributed by atoms with Crippen LogP contribution in [0.25, 0.3) is 0 Å². The minimum absolute atomic E-state index is 0.127. The van der Waals surface area contributed by atoms with Crippen LogP contribution < -0.4 is 14.4 Å². The first kappa shape index (κ1) is 21.4. The molecule has 174 valence electrons. The van der Waals surface area contributed by atoms with Gasteiger partial charge in [0, 0.05) is 33.8 Å². The van der Waals surface area contributed by atoms with Crippen LogP contribution in [0.3, 0.4) is 0 Å². The molecule has 1 fully saturated rings. The molecule has 6 heteroatoms. The number of ether oxygens (including phenoxy) is 4. The van der Waals surface area contributed by atoms with Crippen LogP contribution >= 0.6 is 0 Å². The summed E-state index contributed by atoms with van der Waals surface area (Å²) in [7, 11) is 0. The number of anilines is 3. The molecule has 0 radical (unpaired) electrons. The van der Waals surface area contributed by atoms with Crippen molar-refractivity contribution < 1.29 is 23.7 Å². The van der Waals surface area contributed by atoms with E-state index in [9.17, 15) is 4.79 Å². The summed E-state index contributed by atoms with van der Waals surface area (Å²) in [6.45, 7) is 1.09. The van der Waals surface area contributed by atoms with Crippen LogP contribution in [-0.2, 0) is 9.47 Å². The molecular weight excluding hydrogens is 442 g/mol. The first-order chi connectivity index (χ1) is 17.3. The number of hydrogen-bond donors (Lipinski definition) is 0. The van der Waals surface area contributed by atoms with E-state index in [1.54, 1.807) is 12.1 Å². The van der Waals surface area contributed by atoms with E-state index >= 15 is 0 Å². The summed E-state index contributed by atoms with van der Waals surface area (Å²) in [5, 5.41) is 0. The van der Waals surface area contributed by atoms with Gasteiger partial charge >= 0.3 is 0 Å². The molecule has 6 rings (SSSR count). The van der Waals surface area contributed by atoms with Crippen LogP contribution in [0.15, 0.2) is 97.1 Å². The Hall–Kier alpha value is -4.13. The molecule has 0 amide bonds. The SMILES string of the molecule is O=C(c1ccc(N(c2ccccc2)c2ccccc2)cc1)c1cc2c(cc1C1OCCO1)OCO2. The second kappa shape index (κ2) is 9.25. The van der Waals surface area contributed by atoms with Crippen molar-refractivity contribution in [2.45, 2.75) is 6.29 Å². The summed E-state index contributed by atoms with van der Waals surface area (Å²) in [4.78, 5) is 15.8. The zero-order valence-corrected chi connectivity index (χ0v) is 18.9. The molecule has 0 saturated carbocycles. The maximum absolute atomic E-state index is 13.6. The minimum Gasteiger partial charge on any atom is -0.454 e. The minimum atomic E-state index is -0.602. The Morgan fingerprint density at radius 2 is 1.23 bits per heavy atom. The lowest BCUT2D eigenvalue weighted by molar-refractivity contribution is -0.0445. The normalized spacial score (nSPS) is 14.7. The molecule has 0 aliphatic carbocycles. The van der Waals surface area contributed by atoms with Gasteiger partial charge in [-0.3, -0.25) is 4.79 Å². The van der Waals surface area contributed by atoms with Crippen molar-refractivity contribution in [2.24, 2.45) is 0 Å². The van der Waals surface area contributed by atoms with Gasteiger partial charge in [0.15, 0.2) is 23.6 Å². The Morgan fingerprint density at radius 1 is 0.686 bits per heavy atom. The van der Waals surface area contributed by atoms with Crippen molar-refractivity contribution in [3.63, 3.8) is 0 Å². The van der Waals surface area contributed by atoms with Crippen molar-refractivity contribution in [1.82, 2.24) is 0 Å². The number of carbonyl (C=O) groups excluding carboxylic acids is 1. The van der Waals surface area contributed by atoms with Gasteiger partial charge in [0.1, 0.15) is 0 Å². The fourth-order valence-electron chi connectivity index (χ4n) is 4.41. The molecule has 0 aromatic heterocycles. The van der Waals surface area contributed by atoms with E-state index in [2.05, 4.69) is 29.2 Å². The molecule has 0 bridgehead atoms. The predicted molar refractivity (Wildman–Crippen MR) is 132 cm³/mol. The van der Waals surface area contributed by atoms with Crippen molar-refractivity contribution in [1.29, 1.82) is 0 Å². The summed E-state index contributed by atoms with van der Waals surface area (Å²) < 4.78 is 22.4. The lowest BCUT2D eigenvalue weighted by atomic mass is 9.96. The van der Waals surface area contributed by atoms with Gasteiger partial charge in [0.25, 0.3) is 0 Å². The Kier molecular flexibility index (Phi) is 5.66. The second-order valence-corrected chi connectivity index (χ2v) is 8.25. The number of benzene rings is 4. The third-order valence-electron chi connectivity index (χ3n) is 6.08. The summed E-state index contributed by atoms with van der Waals surface area (Å²) in [6.07, 6.45) is -0.602. The van der Waals surface area contributed by atoms with Crippen molar-refractivity contribution in [3.05, 3.63) is 114 Å². The molecule has 6 nitrogen and oxygen atoms in total. The lowest BCUT2D eigenvalue weighted by Gasteiger charge is -2.25. The summed E-state index contributed by atoms with van der Waals surface area (Å²) >= 11 is 0. The average Bonchev–Trinajstić information content (AvgIpc) is 3.61. The molecule has 0 atom stereocenters. The van der Waals surface area contributed by atoms with Gasteiger partial charge in [-0.25, -0.2) is 0 Å². The number of fused-ring (bicyclic) bond motifs is 1. The topological polar surface area (TPSA) is 57.2 Å². The molecule has 0 spiro atoms. The van der Waals surface area contributed by atoms with Crippen LogP contribution in [0.5, 0.6) is 11.5 Å². The smallest absolute Gasteiger partial charge is 0.231 e. The molecular formula is C29H23NO5. The Morgan fingerprint density at radius 3 is 1.83 bits per heavy atom. The van der Waals surface area contributed by atoms with E-state index in [4.69, 9.17) is 18.9 Å². The summed E-state index contributed by atoms with van der Waals surface area (Å²) in [5.41, 5.74) is 4.71. The van der Waals surface area contributed by atoms with E-state index in [0.717, 1.165) is 17.1 Å². The fraction of sp³-hybridized carbons (Fsp3) is 0.138. The number of para-hydroxylation sites is 2. The van der Waals surface area contributed by atoms with E-state index in [1.165, 1.54) is 0 Å². The molecule has 0 unspecified atom stereocenters. The predicted octanol–water partition coefficient (Wildman–Crippen LogP) is 6.16. The van der Waals surface area contributed by atoms with Crippen LogP contribution in [0.2, 0.25) is 0 Å². The first-order valence-electron chi connectivity index (χ1n) is 11.5. The highest BCUT2D eigenvalue weighted by molar-refractivity contribution is 6.10. The highest BCUT2D eigenvalue weighted by Crippen LogP contribution is 2.40. The second-order valence-electron chi connectivity index (χ2n) is 8.25. The highest BCUT2D eigenvalue weighted by atomic mass is 16.7. The molecule has 4 aromatic carbocycles. The van der Waals surface area contributed by atoms with Gasteiger partial charge < -0.3 is 23.8 Å². The van der Waals surface area contributed by atoms with Gasteiger partial charge in [0.05, 0.1) is 13.2 Å². The molecule has 1 saturated heterocycles. The molecule has 2 heterocycles. The van der Waals surface area contributed by atoms with Crippen LogP contribution in [0.1, 0.15) is 27.8 Å². The van der Waals surface area contributed by atoms with E-state index < -0.39 is 6.29 Å². The zero-order chi connectivity index (χ0) is 23.6. The third-order valence-corrected chi connectivity index (χ3v) is 6.08.